The molecule has 1 aliphatic carbocycles. The van der Waals surface area contributed by atoms with Gasteiger partial charge in [0.1, 0.15) is 4.90 Å². The molecule has 1 saturated carbocycles. The summed E-state index contributed by atoms with van der Waals surface area (Å²) in [7, 11) is -4.00. The van der Waals surface area contributed by atoms with Crippen LogP contribution in [0.5, 0.6) is 0 Å². The molecule has 21 heavy (non-hydrogen) atoms. The van der Waals surface area contributed by atoms with Crippen molar-refractivity contribution in [2.45, 2.75) is 23.8 Å². The van der Waals surface area contributed by atoms with Gasteiger partial charge in [-0.25, -0.2) is 17.9 Å². The number of hydrogen-bond donors (Lipinski definition) is 3. The Labute approximate surface area is 121 Å². The fourth-order valence-electron chi connectivity index (χ4n) is 2.01. The zero-order chi connectivity index (χ0) is 15.0. The van der Waals surface area contributed by atoms with Gasteiger partial charge in [0.2, 0.25) is 0 Å². The number of hydrogen-bond acceptors (Lipinski definition) is 5. The van der Waals surface area contributed by atoms with Crippen LogP contribution >= 0.6 is 0 Å². The van der Waals surface area contributed by atoms with E-state index in [-0.39, 0.29) is 16.5 Å². The lowest BCUT2D eigenvalue weighted by molar-refractivity contribution is 0.245. The van der Waals surface area contributed by atoms with E-state index in [1.54, 1.807) is 12.1 Å². The Morgan fingerprint density at radius 1 is 1.29 bits per heavy atom. The molecule has 2 amide bonds. The minimum atomic E-state index is -4.00. The molecule has 1 aromatic heterocycles. The van der Waals surface area contributed by atoms with Crippen LogP contribution < -0.4 is 15.8 Å². The summed E-state index contributed by atoms with van der Waals surface area (Å²) in [6.07, 6.45) is 3.23. The van der Waals surface area contributed by atoms with Crippen molar-refractivity contribution in [1.82, 2.24) is 15.0 Å². The highest BCUT2D eigenvalue weighted by molar-refractivity contribution is 7.90. The van der Waals surface area contributed by atoms with E-state index in [1.807, 2.05) is 4.72 Å². The van der Waals surface area contributed by atoms with Crippen molar-refractivity contribution in [2.24, 2.45) is 0 Å². The highest BCUT2D eigenvalue weighted by Gasteiger charge is 2.27. The monoisotopic (exact) mass is 306 g/mol. The van der Waals surface area contributed by atoms with Crippen molar-refractivity contribution >= 4 is 32.6 Å². The Morgan fingerprint density at radius 2 is 2.05 bits per heavy atom. The van der Waals surface area contributed by atoms with Crippen molar-refractivity contribution in [3.63, 3.8) is 0 Å². The van der Waals surface area contributed by atoms with Crippen LogP contribution in [-0.4, -0.2) is 25.5 Å². The number of aromatic nitrogens is 1. The fraction of sp³-hybridized carbons (Fsp3) is 0.231. The number of nitrogens with zero attached hydrogens (tertiary/aromatic N) is 1. The molecular weight excluding hydrogens is 292 g/mol. The maximum Gasteiger partial charge on any atom is 0.328 e. The summed E-state index contributed by atoms with van der Waals surface area (Å²) in [5, 5.41) is 3.10. The molecule has 4 N–H and O–H groups in total. The van der Waals surface area contributed by atoms with Gasteiger partial charge in [-0.1, -0.05) is 0 Å². The summed E-state index contributed by atoms with van der Waals surface area (Å²) in [6, 6.07) is 5.53. The number of rotatable bonds is 3. The average molecular weight is 306 g/mol. The van der Waals surface area contributed by atoms with E-state index in [4.69, 9.17) is 5.73 Å². The van der Waals surface area contributed by atoms with Crippen molar-refractivity contribution in [3.05, 3.63) is 30.5 Å². The summed E-state index contributed by atoms with van der Waals surface area (Å²) < 4.78 is 26.6. The van der Waals surface area contributed by atoms with Crippen molar-refractivity contribution in [3.8, 4) is 0 Å². The van der Waals surface area contributed by atoms with Crippen molar-refractivity contribution in [1.29, 1.82) is 0 Å². The lowest BCUT2D eigenvalue weighted by Crippen LogP contribution is -2.40. The second-order valence-corrected chi connectivity index (χ2v) is 6.56. The number of pyridine rings is 1. The smallest absolute Gasteiger partial charge is 0.328 e. The summed E-state index contributed by atoms with van der Waals surface area (Å²) in [4.78, 5) is 15.6. The van der Waals surface area contributed by atoms with Gasteiger partial charge in [-0.15, -0.1) is 0 Å². The summed E-state index contributed by atoms with van der Waals surface area (Å²) >= 11 is 0. The molecule has 2 aromatic rings. The van der Waals surface area contributed by atoms with Gasteiger partial charge in [0.25, 0.3) is 10.0 Å². The fourth-order valence-corrected chi connectivity index (χ4v) is 3.08. The Hall–Kier alpha value is -2.35. The number of sulfonamides is 1. The number of amides is 2. The molecule has 7 nitrogen and oxygen atoms in total. The summed E-state index contributed by atoms with van der Waals surface area (Å²) in [5.74, 6) is 0. The van der Waals surface area contributed by atoms with Crippen LogP contribution in [0, 0.1) is 0 Å². The van der Waals surface area contributed by atoms with Gasteiger partial charge in [0.15, 0.2) is 0 Å². The highest BCUT2D eigenvalue weighted by Crippen LogP contribution is 2.25. The van der Waals surface area contributed by atoms with Crippen LogP contribution in [0.4, 0.5) is 10.5 Å². The first kappa shape index (κ1) is 13.6. The molecule has 3 rings (SSSR count). The Bertz CT molecular complexity index is 815. The first-order valence-electron chi connectivity index (χ1n) is 6.44. The molecule has 8 heteroatoms. The van der Waals surface area contributed by atoms with Gasteiger partial charge >= 0.3 is 6.03 Å². The lowest BCUT2D eigenvalue weighted by Gasteiger charge is -2.10. The number of urea groups is 1. The Kier molecular flexibility index (Phi) is 3.17. The number of anilines is 1. The molecule has 1 heterocycles. The SMILES string of the molecule is Nc1ccc(S(=O)(=O)NC(=O)NC2CC2)c2ncccc12. The van der Waals surface area contributed by atoms with Gasteiger partial charge in [-0.2, -0.15) is 0 Å². The molecule has 0 bridgehead atoms. The van der Waals surface area contributed by atoms with E-state index in [9.17, 15) is 13.2 Å². The first-order valence-corrected chi connectivity index (χ1v) is 7.92. The van der Waals surface area contributed by atoms with Crippen LogP contribution in [0.1, 0.15) is 12.8 Å². The van der Waals surface area contributed by atoms with E-state index in [0.717, 1.165) is 12.8 Å². The molecule has 1 aliphatic rings. The van der Waals surface area contributed by atoms with Crippen LogP contribution in [0.25, 0.3) is 10.9 Å². The van der Waals surface area contributed by atoms with Crippen LogP contribution in [0.3, 0.4) is 0 Å². The quantitative estimate of drug-likeness (QED) is 0.731. The zero-order valence-corrected chi connectivity index (χ0v) is 11.9. The van der Waals surface area contributed by atoms with Crippen molar-refractivity contribution < 1.29 is 13.2 Å². The van der Waals surface area contributed by atoms with Crippen LogP contribution in [0.15, 0.2) is 35.4 Å². The number of benzene rings is 1. The van der Waals surface area contributed by atoms with Crippen molar-refractivity contribution in [2.75, 3.05) is 5.73 Å². The van der Waals surface area contributed by atoms with Gasteiger partial charge in [0.05, 0.1) is 5.52 Å². The number of carbonyl (C=O) groups is 1. The number of nitrogen functional groups attached to an aromatic ring is 1. The third-order valence-corrected chi connectivity index (χ3v) is 4.56. The predicted molar refractivity (Wildman–Crippen MR) is 78.0 cm³/mol. The van der Waals surface area contributed by atoms with E-state index >= 15 is 0 Å². The molecule has 0 radical (unpaired) electrons. The normalized spacial score (nSPS) is 14.9. The molecule has 0 unspecified atom stereocenters. The molecule has 0 saturated heterocycles. The van der Waals surface area contributed by atoms with E-state index < -0.39 is 16.1 Å². The van der Waals surface area contributed by atoms with E-state index in [2.05, 4.69) is 10.3 Å². The second-order valence-electron chi connectivity index (χ2n) is 4.91. The number of nitrogens with two attached hydrogens (primary N) is 1. The highest BCUT2D eigenvalue weighted by atomic mass is 32.2. The maximum absolute atomic E-state index is 12.3. The summed E-state index contributed by atoms with van der Waals surface area (Å²) in [6.45, 7) is 0. The van der Waals surface area contributed by atoms with Gasteiger partial charge in [0, 0.05) is 23.3 Å². The predicted octanol–water partition coefficient (Wildman–Crippen LogP) is 0.967. The third-order valence-electron chi connectivity index (χ3n) is 3.20. The minimum Gasteiger partial charge on any atom is -0.398 e. The molecular formula is C13H14N4O3S. The summed E-state index contributed by atoms with van der Waals surface area (Å²) in [5.41, 5.74) is 6.48. The van der Waals surface area contributed by atoms with E-state index in [0.29, 0.717) is 11.1 Å². The standard InChI is InChI=1S/C13H14N4O3S/c14-10-5-6-11(12-9(10)2-1-7-15-12)21(19,20)17-13(18)16-8-3-4-8/h1-2,5-8H,3-4,14H2,(H2,16,17,18). The van der Waals surface area contributed by atoms with Gasteiger partial charge in [-0.3, -0.25) is 4.98 Å². The van der Waals surface area contributed by atoms with Gasteiger partial charge < -0.3 is 11.1 Å². The Morgan fingerprint density at radius 3 is 2.76 bits per heavy atom. The minimum absolute atomic E-state index is 0.0708. The molecule has 0 aliphatic heterocycles. The van der Waals surface area contributed by atoms with Crippen LogP contribution in [0.2, 0.25) is 0 Å². The second kappa shape index (κ2) is 4.88. The Balaban J connectivity index is 1.98. The molecule has 0 spiro atoms. The number of nitrogens with one attached hydrogen (secondary N) is 2. The van der Waals surface area contributed by atoms with E-state index in [1.165, 1.54) is 18.3 Å². The number of fused-ring (bicyclic) bond motifs is 1. The maximum atomic E-state index is 12.3. The molecule has 1 aromatic carbocycles. The first-order chi connectivity index (χ1) is 9.97. The van der Waals surface area contributed by atoms with Gasteiger partial charge in [-0.05, 0) is 37.1 Å². The zero-order valence-electron chi connectivity index (χ0n) is 11.0. The lowest BCUT2D eigenvalue weighted by atomic mass is 10.2. The molecule has 110 valence electrons. The third kappa shape index (κ3) is 2.75. The topological polar surface area (TPSA) is 114 Å². The molecule has 0 atom stereocenters. The number of carbonyl (C=O) groups excluding carboxylic acids is 1. The largest absolute Gasteiger partial charge is 0.398 e. The average Bonchev–Trinajstić information content (AvgIpc) is 3.22. The van der Waals surface area contributed by atoms with Crippen LogP contribution in [-0.2, 0) is 10.0 Å². The molecule has 1 fully saturated rings.